The fourth-order valence-electron chi connectivity index (χ4n) is 4.27. The van der Waals surface area contributed by atoms with E-state index >= 15 is 0 Å². The van der Waals surface area contributed by atoms with Gasteiger partial charge in [0, 0.05) is 54.1 Å². The maximum Gasteiger partial charge on any atom is 0.253 e. The molecule has 0 saturated carbocycles. The highest BCUT2D eigenvalue weighted by Gasteiger charge is 2.23. The lowest BCUT2D eigenvalue weighted by atomic mass is 10.1. The summed E-state index contributed by atoms with van der Waals surface area (Å²) in [6, 6.07) is 22.8. The van der Waals surface area contributed by atoms with Gasteiger partial charge in [-0.3, -0.25) is 9.59 Å². The Morgan fingerprint density at radius 2 is 1.40 bits per heavy atom. The molecule has 0 N–H and O–H groups in total. The van der Waals surface area contributed by atoms with Gasteiger partial charge in [0.25, 0.3) is 5.91 Å². The molecule has 5 rings (SSSR count). The number of rotatable bonds is 5. The topological polar surface area (TPSA) is 79.5 Å². The van der Waals surface area contributed by atoms with Crippen LogP contribution in [-0.2, 0) is 0 Å². The summed E-state index contributed by atoms with van der Waals surface area (Å²) in [6.07, 6.45) is 0. The molecule has 0 unspecified atom stereocenters. The number of anilines is 1. The number of aryl methyl sites for hydroxylation is 1. The number of carbonyl (C=O) groups is 2. The van der Waals surface area contributed by atoms with Gasteiger partial charge in [-0.05, 0) is 74.0 Å². The first-order valence-corrected chi connectivity index (χ1v) is 11.6. The van der Waals surface area contributed by atoms with E-state index in [1.54, 1.807) is 6.92 Å². The number of Topliss-reactive ketones (excluding diaryl/α,β-unsaturated/α-hetero) is 1. The Balaban J connectivity index is 1.22. The van der Waals surface area contributed by atoms with Crippen molar-refractivity contribution in [3.8, 4) is 22.9 Å². The molecule has 2 heterocycles. The quantitative estimate of drug-likeness (QED) is 0.390. The van der Waals surface area contributed by atoms with Gasteiger partial charge in [-0.1, -0.05) is 18.2 Å². The van der Waals surface area contributed by atoms with E-state index < -0.39 is 0 Å². The number of hydrogen-bond acceptors (Lipinski definition) is 6. The normalized spacial score (nSPS) is 13.7. The monoisotopic (exact) mass is 466 g/mol. The molecule has 1 fully saturated rings. The zero-order chi connectivity index (χ0) is 24.4. The van der Waals surface area contributed by atoms with E-state index in [1.165, 1.54) is 0 Å². The molecule has 35 heavy (non-hydrogen) atoms. The van der Waals surface area contributed by atoms with Crippen molar-refractivity contribution in [2.24, 2.45) is 0 Å². The number of piperazine rings is 1. The molecule has 4 aromatic rings. The maximum absolute atomic E-state index is 13.1. The van der Waals surface area contributed by atoms with Crippen LogP contribution in [0.2, 0.25) is 0 Å². The van der Waals surface area contributed by atoms with Crippen molar-refractivity contribution in [1.82, 2.24) is 15.1 Å². The highest BCUT2D eigenvalue weighted by molar-refractivity contribution is 5.95. The predicted molar refractivity (Wildman–Crippen MR) is 134 cm³/mol. The van der Waals surface area contributed by atoms with Crippen LogP contribution < -0.4 is 4.90 Å². The number of nitrogens with zero attached hydrogens (tertiary/aromatic N) is 4. The summed E-state index contributed by atoms with van der Waals surface area (Å²) in [7, 11) is 0. The van der Waals surface area contributed by atoms with Crippen molar-refractivity contribution < 1.29 is 14.0 Å². The molecule has 7 nitrogen and oxygen atoms in total. The van der Waals surface area contributed by atoms with Gasteiger partial charge < -0.3 is 14.2 Å². The molecule has 1 amide bonds. The third-order valence-corrected chi connectivity index (χ3v) is 6.39. The lowest BCUT2D eigenvalue weighted by Gasteiger charge is -2.36. The van der Waals surface area contributed by atoms with Crippen LogP contribution in [0.4, 0.5) is 5.69 Å². The van der Waals surface area contributed by atoms with Crippen molar-refractivity contribution >= 4 is 17.4 Å². The van der Waals surface area contributed by atoms with Crippen LogP contribution in [-0.4, -0.2) is 53.0 Å². The minimum Gasteiger partial charge on any atom is -0.416 e. The summed E-state index contributed by atoms with van der Waals surface area (Å²) in [5.41, 5.74) is 5.15. The van der Waals surface area contributed by atoms with Gasteiger partial charge in [-0.2, -0.15) is 0 Å². The summed E-state index contributed by atoms with van der Waals surface area (Å²) in [5.74, 6) is 0.969. The fourth-order valence-corrected chi connectivity index (χ4v) is 4.27. The van der Waals surface area contributed by atoms with Gasteiger partial charge in [0.2, 0.25) is 11.8 Å². The molecule has 1 aliphatic heterocycles. The van der Waals surface area contributed by atoms with E-state index in [0.717, 1.165) is 35.5 Å². The highest BCUT2D eigenvalue weighted by Crippen LogP contribution is 2.26. The fraction of sp³-hybridized carbons (Fsp3) is 0.214. The second-order valence-electron chi connectivity index (χ2n) is 8.69. The summed E-state index contributed by atoms with van der Waals surface area (Å²) < 4.78 is 5.89. The number of amides is 1. The largest absolute Gasteiger partial charge is 0.416 e. The molecule has 1 aliphatic rings. The van der Waals surface area contributed by atoms with Gasteiger partial charge in [0.1, 0.15) is 0 Å². The maximum atomic E-state index is 13.1. The first-order valence-electron chi connectivity index (χ1n) is 11.6. The zero-order valence-corrected chi connectivity index (χ0v) is 19.8. The molecule has 1 aromatic heterocycles. The first-order chi connectivity index (χ1) is 17.0. The summed E-state index contributed by atoms with van der Waals surface area (Å²) in [4.78, 5) is 28.7. The highest BCUT2D eigenvalue weighted by atomic mass is 16.4. The zero-order valence-electron chi connectivity index (χ0n) is 19.8. The van der Waals surface area contributed by atoms with E-state index in [0.29, 0.717) is 36.0 Å². The van der Waals surface area contributed by atoms with Gasteiger partial charge in [-0.25, -0.2) is 0 Å². The standard InChI is InChI=1S/C28H26N4O3/c1-19-5-3-4-6-25(19)27-30-29-26(35-27)22-7-9-23(10-8-22)28(34)32-17-15-31(16-18-32)24-13-11-21(12-14-24)20(2)33/h3-14H,15-18H2,1-2H3. The molecular formula is C28H26N4O3. The molecule has 0 aliphatic carbocycles. The molecule has 7 heteroatoms. The van der Waals surface area contributed by atoms with Gasteiger partial charge >= 0.3 is 0 Å². The van der Waals surface area contributed by atoms with Gasteiger partial charge in [0.05, 0.1) is 0 Å². The molecule has 3 aromatic carbocycles. The number of benzene rings is 3. The lowest BCUT2D eigenvalue weighted by Crippen LogP contribution is -2.48. The average molecular weight is 467 g/mol. The van der Waals surface area contributed by atoms with Crippen LogP contribution in [0.1, 0.15) is 33.2 Å². The van der Waals surface area contributed by atoms with Crippen LogP contribution in [0, 0.1) is 6.92 Å². The molecule has 0 radical (unpaired) electrons. The number of aromatic nitrogens is 2. The second-order valence-corrected chi connectivity index (χ2v) is 8.69. The Morgan fingerprint density at radius 1 is 0.771 bits per heavy atom. The Bertz CT molecular complexity index is 1350. The Morgan fingerprint density at radius 3 is 2.06 bits per heavy atom. The van der Waals surface area contributed by atoms with Crippen LogP contribution >= 0.6 is 0 Å². The van der Waals surface area contributed by atoms with Crippen LogP contribution in [0.5, 0.6) is 0 Å². The molecule has 0 spiro atoms. The van der Waals surface area contributed by atoms with Gasteiger partial charge in [-0.15, -0.1) is 10.2 Å². The Kier molecular flexibility index (Phi) is 6.14. The van der Waals surface area contributed by atoms with Crippen LogP contribution in [0.25, 0.3) is 22.9 Å². The van der Waals surface area contributed by atoms with E-state index in [-0.39, 0.29) is 11.7 Å². The summed E-state index contributed by atoms with van der Waals surface area (Å²) in [5, 5.41) is 8.37. The molecule has 0 atom stereocenters. The van der Waals surface area contributed by atoms with Crippen molar-refractivity contribution in [1.29, 1.82) is 0 Å². The van der Waals surface area contributed by atoms with Crippen LogP contribution in [0.3, 0.4) is 0 Å². The van der Waals surface area contributed by atoms with E-state index in [4.69, 9.17) is 4.42 Å². The van der Waals surface area contributed by atoms with E-state index in [1.807, 2.05) is 84.6 Å². The van der Waals surface area contributed by atoms with Gasteiger partial charge in [0.15, 0.2) is 5.78 Å². The molecule has 176 valence electrons. The van der Waals surface area contributed by atoms with Crippen molar-refractivity contribution in [3.05, 3.63) is 89.5 Å². The number of carbonyl (C=O) groups excluding carboxylic acids is 2. The first kappa shape index (κ1) is 22.5. The van der Waals surface area contributed by atoms with Crippen molar-refractivity contribution in [3.63, 3.8) is 0 Å². The lowest BCUT2D eigenvalue weighted by molar-refractivity contribution is 0.0746. The second kappa shape index (κ2) is 9.54. The number of ketones is 1. The molecule has 1 saturated heterocycles. The van der Waals surface area contributed by atoms with E-state index in [9.17, 15) is 9.59 Å². The SMILES string of the molecule is CC(=O)c1ccc(N2CCN(C(=O)c3ccc(-c4nnc(-c5ccccc5C)o4)cc3)CC2)cc1. The Labute approximate surface area is 204 Å². The van der Waals surface area contributed by atoms with Crippen molar-refractivity contribution in [2.45, 2.75) is 13.8 Å². The summed E-state index contributed by atoms with van der Waals surface area (Å²) in [6.45, 7) is 6.33. The van der Waals surface area contributed by atoms with Crippen molar-refractivity contribution in [2.75, 3.05) is 31.1 Å². The third kappa shape index (κ3) is 4.71. The number of hydrogen-bond donors (Lipinski definition) is 0. The average Bonchev–Trinajstić information content (AvgIpc) is 3.39. The third-order valence-electron chi connectivity index (χ3n) is 6.39. The van der Waals surface area contributed by atoms with Crippen LogP contribution in [0.15, 0.2) is 77.2 Å². The summed E-state index contributed by atoms with van der Waals surface area (Å²) >= 11 is 0. The smallest absolute Gasteiger partial charge is 0.253 e. The minimum absolute atomic E-state index is 0.00857. The van der Waals surface area contributed by atoms with E-state index in [2.05, 4.69) is 15.1 Å². The predicted octanol–water partition coefficient (Wildman–Crippen LogP) is 4.88. The molecule has 0 bridgehead atoms. The Hall–Kier alpha value is -4.26. The molecular weight excluding hydrogens is 440 g/mol. The minimum atomic E-state index is 0.00857.